The maximum absolute atomic E-state index is 12.5. The number of ether oxygens (including phenoxy) is 2. The van der Waals surface area contributed by atoms with E-state index in [0.29, 0.717) is 0 Å². The van der Waals surface area contributed by atoms with Gasteiger partial charge in [0.1, 0.15) is 11.3 Å². The number of methoxy groups -OCH3 is 2. The maximum atomic E-state index is 12.5. The highest BCUT2D eigenvalue weighted by Gasteiger charge is 2.23. The van der Waals surface area contributed by atoms with E-state index in [4.69, 9.17) is 4.74 Å². The highest BCUT2D eigenvalue weighted by Crippen LogP contribution is 2.35. The Bertz CT molecular complexity index is 412. The van der Waals surface area contributed by atoms with Gasteiger partial charge in [-0.05, 0) is 15.9 Å². The van der Waals surface area contributed by atoms with E-state index in [1.165, 1.54) is 14.2 Å². The van der Waals surface area contributed by atoms with Gasteiger partial charge < -0.3 is 9.47 Å². The normalized spacial score (nSPS) is 10.4. The topological polar surface area (TPSA) is 48.4 Å². The lowest BCUT2D eigenvalue weighted by Crippen LogP contribution is -2.07. The first-order chi connectivity index (χ1) is 7.52. The van der Waals surface area contributed by atoms with Gasteiger partial charge in [0.05, 0.1) is 18.7 Å². The number of esters is 1. The van der Waals surface area contributed by atoms with Gasteiger partial charge in [-0.3, -0.25) is 4.98 Å². The minimum Gasteiger partial charge on any atom is -0.495 e. The highest BCUT2D eigenvalue weighted by atomic mass is 79.9. The average Bonchev–Trinajstić information content (AvgIpc) is 2.26. The van der Waals surface area contributed by atoms with Crippen LogP contribution in [-0.4, -0.2) is 25.2 Å². The first kappa shape index (κ1) is 12.8. The summed E-state index contributed by atoms with van der Waals surface area (Å²) in [6.07, 6.45) is -1.76. The summed E-state index contributed by atoms with van der Waals surface area (Å²) in [5.41, 5.74) is -0.495. The van der Waals surface area contributed by atoms with Crippen molar-refractivity contribution in [2.24, 2.45) is 0 Å². The SMILES string of the molecule is COC(=O)c1cnc(C(F)F)c(Br)c1OC. The number of hydrogen-bond donors (Lipinski definition) is 0. The smallest absolute Gasteiger partial charge is 0.343 e. The van der Waals surface area contributed by atoms with Crippen LogP contribution in [0, 0.1) is 0 Å². The molecule has 1 rings (SSSR count). The van der Waals surface area contributed by atoms with Crippen LogP contribution in [0.15, 0.2) is 10.7 Å². The van der Waals surface area contributed by atoms with Crippen LogP contribution in [0.1, 0.15) is 22.5 Å². The van der Waals surface area contributed by atoms with Crippen molar-refractivity contribution >= 4 is 21.9 Å². The van der Waals surface area contributed by atoms with E-state index in [1.807, 2.05) is 0 Å². The number of carbonyl (C=O) groups is 1. The number of hydrogen-bond acceptors (Lipinski definition) is 4. The van der Waals surface area contributed by atoms with Gasteiger partial charge in [-0.25, -0.2) is 13.6 Å². The predicted molar refractivity (Wildman–Crippen MR) is 54.8 cm³/mol. The minimum absolute atomic E-state index is 0.0127. The molecule has 88 valence electrons. The first-order valence-corrected chi connectivity index (χ1v) is 4.91. The molecule has 0 radical (unpaired) electrons. The van der Waals surface area contributed by atoms with E-state index in [9.17, 15) is 13.6 Å². The van der Waals surface area contributed by atoms with Crippen LogP contribution in [0.2, 0.25) is 0 Å². The lowest BCUT2D eigenvalue weighted by Gasteiger charge is -2.11. The van der Waals surface area contributed by atoms with Crippen molar-refractivity contribution < 1.29 is 23.0 Å². The minimum atomic E-state index is -2.75. The second-order valence-electron chi connectivity index (χ2n) is 2.70. The van der Waals surface area contributed by atoms with E-state index < -0.39 is 18.1 Å². The zero-order valence-corrected chi connectivity index (χ0v) is 10.0. The van der Waals surface area contributed by atoms with Gasteiger partial charge in [-0.2, -0.15) is 0 Å². The molecule has 0 fully saturated rings. The summed E-state index contributed by atoms with van der Waals surface area (Å²) in [6.45, 7) is 0. The van der Waals surface area contributed by atoms with Gasteiger partial charge in [-0.15, -0.1) is 0 Å². The molecule has 0 spiro atoms. The molecule has 0 atom stereocenters. The van der Waals surface area contributed by atoms with Crippen LogP contribution in [-0.2, 0) is 4.74 Å². The molecule has 0 aromatic carbocycles. The van der Waals surface area contributed by atoms with Crippen molar-refractivity contribution in [2.45, 2.75) is 6.43 Å². The quantitative estimate of drug-likeness (QED) is 0.804. The highest BCUT2D eigenvalue weighted by molar-refractivity contribution is 9.10. The first-order valence-electron chi connectivity index (χ1n) is 4.11. The molecular weight excluding hydrogens is 288 g/mol. The van der Waals surface area contributed by atoms with Gasteiger partial charge in [0.15, 0.2) is 5.75 Å². The molecule has 0 bridgehead atoms. The third-order valence-corrected chi connectivity index (χ3v) is 2.58. The van der Waals surface area contributed by atoms with Gasteiger partial charge in [0, 0.05) is 6.20 Å². The van der Waals surface area contributed by atoms with Crippen molar-refractivity contribution in [3.8, 4) is 5.75 Å². The van der Waals surface area contributed by atoms with Crippen molar-refractivity contribution in [2.75, 3.05) is 14.2 Å². The van der Waals surface area contributed by atoms with E-state index in [-0.39, 0.29) is 15.8 Å². The van der Waals surface area contributed by atoms with Crippen LogP contribution >= 0.6 is 15.9 Å². The summed E-state index contributed by atoms with van der Waals surface area (Å²) in [4.78, 5) is 14.8. The third kappa shape index (κ3) is 2.29. The summed E-state index contributed by atoms with van der Waals surface area (Å²) in [7, 11) is 2.44. The van der Waals surface area contributed by atoms with Crippen LogP contribution in [0.25, 0.3) is 0 Å². The zero-order chi connectivity index (χ0) is 12.3. The van der Waals surface area contributed by atoms with Gasteiger partial charge in [-0.1, -0.05) is 0 Å². The molecule has 1 heterocycles. The van der Waals surface area contributed by atoms with Crippen molar-refractivity contribution in [3.05, 3.63) is 21.9 Å². The Labute approximate surface area is 98.7 Å². The zero-order valence-electron chi connectivity index (χ0n) is 8.46. The Morgan fingerprint density at radius 1 is 1.50 bits per heavy atom. The lowest BCUT2D eigenvalue weighted by molar-refractivity contribution is 0.0595. The van der Waals surface area contributed by atoms with E-state index in [1.54, 1.807) is 0 Å². The Hall–Kier alpha value is -1.24. The number of alkyl halides is 2. The van der Waals surface area contributed by atoms with Crippen molar-refractivity contribution in [1.82, 2.24) is 4.98 Å². The third-order valence-electron chi connectivity index (χ3n) is 1.82. The number of rotatable bonds is 3. The Kier molecular flexibility index (Phi) is 4.17. The maximum Gasteiger partial charge on any atom is 0.343 e. The number of pyridine rings is 1. The summed E-state index contributed by atoms with van der Waals surface area (Å²) < 4.78 is 34.3. The van der Waals surface area contributed by atoms with Gasteiger partial charge in [0.2, 0.25) is 0 Å². The number of aromatic nitrogens is 1. The van der Waals surface area contributed by atoms with E-state index >= 15 is 0 Å². The molecule has 16 heavy (non-hydrogen) atoms. The molecule has 1 aromatic rings. The van der Waals surface area contributed by atoms with Crippen LogP contribution in [0.4, 0.5) is 8.78 Å². The standard InChI is InChI=1S/C9H8BrF2NO3/c1-15-7-4(9(14)16-2)3-13-6(5(7)10)8(11)12/h3,8H,1-2H3. The second-order valence-corrected chi connectivity index (χ2v) is 3.49. The fourth-order valence-electron chi connectivity index (χ4n) is 1.09. The Balaban J connectivity index is 3.35. The molecular formula is C9H8BrF2NO3. The number of carbonyl (C=O) groups excluding carboxylic acids is 1. The number of halogens is 3. The largest absolute Gasteiger partial charge is 0.495 e. The Morgan fingerprint density at radius 2 is 2.12 bits per heavy atom. The second kappa shape index (κ2) is 5.20. The molecule has 4 nitrogen and oxygen atoms in total. The molecule has 0 aliphatic heterocycles. The summed E-state index contributed by atoms with van der Waals surface area (Å²) in [6, 6.07) is 0. The average molecular weight is 296 g/mol. The van der Waals surface area contributed by atoms with Gasteiger partial charge in [0.25, 0.3) is 6.43 Å². The lowest BCUT2D eigenvalue weighted by atomic mass is 10.2. The van der Waals surface area contributed by atoms with Crippen LogP contribution in [0.5, 0.6) is 5.75 Å². The molecule has 0 unspecified atom stereocenters. The summed E-state index contributed by atoms with van der Waals surface area (Å²) >= 11 is 2.92. The molecule has 0 saturated heterocycles. The molecule has 0 aliphatic rings. The Morgan fingerprint density at radius 3 is 2.56 bits per heavy atom. The summed E-state index contributed by atoms with van der Waals surface area (Å²) in [5.74, 6) is -0.719. The fraction of sp³-hybridized carbons (Fsp3) is 0.333. The van der Waals surface area contributed by atoms with Crippen LogP contribution < -0.4 is 4.74 Å². The summed E-state index contributed by atoms with van der Waals surface area (Å²) in [5, 5.41) is 0. The molecule has 0 aliphatic carbocycles. The van der Waals surface area contributed by atoms with Crippen LogP contribution in [0.3, 0.4) is 0 Å². The van der Waals surface area contributed by atoms with Gasteiger partial charge >= 0.3 is 5.97 Å². The molecule has 7 heteroatoms. The monoisotopic (exact) mass is 295 g/mol. The molecule has 1 aromatic heterocycles. The van der Waals surface area contributed by atoms with E-state index in [2.05, 4.69) is 25.7 Å². The number of nitrogens with zero attached hydrogens (tertiary/aromatic N) is 1. The molecule has 0 saturated carbocycles. The molecule has 0 N–H and O–H groups in total. The fourth-order valence-corrected chi connectivity index (χ4v) is 1.74. The van der Waals surface area contributed by atoms with E-state index in [0.717, 1.165) is 6.20 Å². The molecule has 0 amide bonds. The van der Waals surface area contributed by atoms with Crippen molar-refractivity contribution in [3.63, 3.8) is 0 Å². The predicted octanol–water partition coefficient (Wildman–Crippen LogP) is 2.58. The van der Waals surface area contributed by atoms with Crippen molar-refractivity contribution in [1.29, 1.82) is 0 Å².